The van der Waals surface area contributed by atoms with Crippen molar-refractivity contribution < 1.29 is 17.9 Å². The lowest BCUT2D eigenvalue weighted by Crippen LogP contribution is -2.24. The van der Waals surface area contributed by atoms with E-state index in [-0.39, 0.29) is 6.10 Å². The highest BCUT2D eigenvalue weighted by molar-refractivity contribution is 5.24. The van der Waals surface area contributed by atoms with Crippen molar-refractivity contribution in [1.29, 1.82) is 0 Å². The van der Waals surface area contributed by atoms with E-state index in [1.54, 1.807) is 0 Å². The van der Waals surface area contributed by atoms with Crippen LogP contribution in [0.5, 0.6) is 0 Å². The van der Waals surface area contributed by atoms with Gasteiger partial charge in [0, 0.05) is 13.1 Å². The molecule has 2 nitrogen and oxygen atoms in total. The molecule has 0 unspecified atom stereocenters. The topological polar surface area (TPSA) is 12.5 Å². The summed E-state index contributed by atoms with van der Waals surface area (Å²) in [6, 6.07) is 5.27. The Morgan fingerprint density at radius 3 is 2.21 bits per heavy atom. The van der Waals surface area contributed by atoms with Gasteiger partial charge in [-0.25, -0.2) is 0 Å². The number of nitrogens with zero attached hydrogens (tertiary/aromatic N) is 1. The SMILES string of the molecule is CC(C)OCCN(C)Cc1ccc(C(F)(F)F)cc1. The van der Waals surface area contributed by atoms with Crippen LogP contribution in [0.3, 0.4) is 0 Å². The Hall–Kier alpha value is -1.07. The smallest absolute Gasteiger partial charge is 0.377 e. The number of hydrogen-bond donors (Lipinski definition) is 0. The molecule has 0 aliphatic carbocycles. The maximum atomic E-state index is 12.4. The molecular formula is C14H20F3NO. The van der Waals surface area contributed by atoms with Gasteiger partial charge in [-0.05, 0) is 38.6 Å². The molecule has 0 bridgehead atoms. The zero-order chi connectivity index (χ0) is 14.5. The van der Waals surface area contributed by atoms with Crippen LogP contribution in [-0.4, -0.2) is 31.2 Å². The van der Waals surface area contributed by atoms with Crippen LogP contribution in [0.25, 0.3) is 0 Å². The van der Waals surface area contributed by atoms with Gasteiger partial charge in [-0.2, -0.15) is 13.2 Å². The molecule has 0 aliphatic rings. The second kappa shape index (κ2) is 6.91. The first-order valence-electron chi connectivity index (χ1n) is 6.25. The zero-order valence-electron chi connectivity index (χ0n) is 11.5. The van der Waals surface area contributed by atoms with E-state index in [9.17, 15) is 13.2 Å². The van der Waals surface area contributed by atoms with E-state index in [1.807, 2.05) is 25.8 Å². The minimum atomic E-state index is -4.27. The van der Waals surface area contributed by atoms with Gasteiger partial charge in [-0.15, -0.1) is 0 Å². The van der Waals surface area contributed by atoms with E-state index < -0.39 is 11.7 Å². The summed E-state index contributed by atoms with van der Waals surface area (Å²) in [5, 5.41) is 0. The van der Waals surface area contributed by atoms with Crippen LogP contribution in [-0.2, 0) is 17.5 Å². The Balaban J connectivity index is 2.44. The van der Waals surface area contributed by atoms with Crippen LogP contribution in [0.2, 0.25) is 0 Å². The molecule has 0 spiro atoms. The van der Waals surface area contributed by atoms with E-state index in [0.29, 0.717) is 13.2 Å². The molecule has 0 heterocycles. The highest BCUT2D eigenvalue weighted by Crippen LogP contribution is 2.29. The predicted octanol–water partition coefficient (Wildman–Crippen LogP) is 3.56. The third-order valence-electron chi connectivity index (χ3n) is 2.66. The zero-order valence-corrected chi connectivity index (χ0v) is 11.5. The van der Waals surface area contributed by atoms with E-state index >= 15 is 0 Å². The van der Waals surface area contributed by atoms with Gasteiger partial charge in [0.25, 0.3) is 0 Å². The molecule has 0 fully saturated rings. The first-order chi connectivity index (χ1) is 8.79. The average molecular weight is 275 g/mol. The van der Waals surface area contributed by atoms with Gasteiger partial charge in [0.2, 0.25) is 0 Å². The molecule has 0 aliphatic heterocycles. The lowest BCUT2D eigenvalue weighted by Gasteiger charge is -2.18. The molecular weight excluding hydrogens is 255 g/mol. The van der Waals surface area contributed by atoms with E-state index in [4.69, 9.17) is 4.74 Å². The monoisotopic (exact) mass is 275 g/mol. The summed E-state index contributed by atoms with van der Waals surface area (Å²) in [4.78, 5) is 2.02. The van der Waals surface area contributed by atoms with E-state index in [0.717, 1.165) is 24.2 Å². The summed E-state index contributed by atoms with van der Waals surface area (Å²) in [5.41, 5.74) is 0.252. The van der Waals surface area contributed by atoms with Gasteiger partial charge in [0.05, 0.1) is 18.3 Å². The summed E-state index contributed by atoms with van der Waals surface area (Å²) in [6.45, 7) is 5.92. The molecule has 108 valence electrons. The lowest BCUT2D eigenvalue weighted by atomic mass is 10.1. The molecule has 0 atom stereocenters. The van der Waals surface area contributed by atoms with Crippen LogP contribution < -0.4 is 0 Å². The van der Waals surface area contributed by atoms with E-state index in [2.05, 4.69) is 0 Å². The molecule has 1 rings (SSSR count). The number of alkyl halides is 3. The average Bonchev–Trinajstić information content (AvgIpc) is 2.27. The molecule has 19 heavy (non-hydrogen) atoms. The maximum absolute atomic E-state index is 12.4. The molecule has 1 aromatic rings. The second-order valence-corrected chi connectivity index (χ2v) is 4.85. The third-order valence-corrected chi connectivity index (χ3v) is 2.66. The summed E-state index contributed by atoms with van der Waals surface area (Å²) in [7, 11) is 1.92. The molecule has 0 saturated heterocycles. The van der Waals surface area contributed by atoms with Gasteiger partial charge in [-0.1, -0.05) is 12.1 Å². The van der Waals surface area contributed by atoms with E-state index in [1.165, 1.54) is 12.1 Å². The molecule has 0 aromatic heterocycles. The van der Waals surface area contributed by atoms with Crippen LogP contribution in [0.15, 0.2) is 24.3 Å². The van der Waals surface area contributed by atoms with Gasteiger partial charge in [0.15, 0.2) is 0 Å². The van der Waals surface area contributed by atoms with Crippen LogP contribution in [0.1, 0.15) is 25.0 Å². The van der Waals surface area contributed by atoms with Crippen molar-refractivity contribution in [3.63, 3.8) is 0 Å². The summed E-state index contributed by atoms with van der Waals surface area (Å²) >= 11 is 0. The van der Waals surface area contributed by atoms with Gasteiger partial charge in [-0.3, -0.25) is 4.90 Å². The minimum Gasteiger partial charge on any atom is -0.377 e. The highest BCUT2D eigenvalue weighted by Gasteiger charge is 2.29. The van der Waals surface area contributed by atoms with Crippen molar-refractivity contribution in [2.75, 3.05) is 20.2 Å². The number of ether oxygens (including phenoxy) is 1. The molecule has 5 heteroatoms. The van der Waals surface area contributed by atoms with Crippen molar-refractivity contribution in [3.05, 3.63) is 35.4 Å². The number of benzene rings is 1. The van der Waals surface area contributed by atoms with Crippen molar-refractivity contribution in [1.82, 2.24) is 4.90 Å². The highest BCUT2D eigenvalue weighted by atomic mass is 19.4. The van der Waals surface area contributed by atoms with Gasteiger partial charge in [0.1, 0.15) is 0 Å². The minimum absolute atomic E-state index is 0.194. The Labute approximate surface area is 112 Å². The van der Waals surface area contributed by atoms with Crippen LogP contribution in [0.4, 0.5) is 13.2 Å². The molecule has 1 aromatic carbocycles. The maximum Gasteiger partial charge on any atom is 0.416 e. The standard InChI is InChI=1S/C14H20F3NO/c1-11(2)19-9-8-18(3)10-12-4-6-13(7-5-12)14(15,16)17/h4-7,11H,8-10H2,1-3H3. The molecule has 0 saturated carbocycles. The number of halogens is 3. The Kier molecular flexibility index (Phi) is 5.82. The van der Waals surface area contributed by atoms with Crippen molar-refractivity contribution in [2.45, 2.75) is 32.7 Å². The first-order valence-corrected chi connectivity index (χ1v) is 6.25. The Morgan fingerprint density at radius 2 is 1.74 bits per heavy atom. The Bertz CT molecular complexity index is 373. The van der Waals surface area contributed by atoms with Gasteiger partial charge >= 0.3 is 6.18 Å². The third kappa shape index (κ3) is 6.07. The van der Waals surface area contributed by atoms with Crippen LogP contribution in [0, 0.1) is 0 Å². The molecule has 0 amide bonds. The first kappa shape index (κ1) is 16.0. The largest absolute Gasteiger partial charge is 0.416 e. The van der Waals surface area contributed by atoms with Crippen molar-refractivity contribution in [3.8, 4) is 0 Å². The lowest BCUT2D eigenvalue weighted by molar-refractivity contribution is -0.137. The number of likely N-dealkylation sites (N-methyl/N-ethyl adjacent to an activating group) is 1. The fraction of sp³-hybridized carbons (Fsp3) is 0.571. The van der Waals surface area contributed by atoms with Gasteiger partial charge < -0.3 is 4.74 Å². The normalized spacial score (nSPS) is 12.4. The Morgan fingerprint density at radius 1 is 1.16 bits per heavy atom. The second-order valence-electron chi connectivity index (χ2n) is 4.85. The fourth-order valence-electron chi connectivity index (χ4n) is 1.63. The van der Waals surface area contributed by atoms with Crippen LogP contribution >= 0.6 is 0 Å². The predicted molar refractivity (Wildman–Crippen MR) is 68.9 cm³/mol. The summed E-state index contributed by atoms with van der Waals surface area (Å²) in [6.07, 6.45) is -4.07. The van der Waals surface area contributed by atoms with Crippen molar-refractivity contribution >= 4 is 0 Å². The quantitative estimate of drug-likeness (QED) is 0.787. The summed E-state index contributed by atoms with van der Waals surface area (Å²) < 4.78 is 42.6. The fourth-order valence-corrected chi connectivity index (χ4v) is 1.63. The molecule has 0 N–H and O–H groups in total. The summed E-state index contributed by atoms with van der Waals surface area (Å²) in [5.74, 6) is 0. The number of rotatable bonds is 6. The molecule has 0 radical (unpaired) electrons. The van der Waals surface area contributed by atoms with Crippen molar-refractivity contribution in [2.24, 2.45) is 0 Å². The number of hydrogen-bond acceptors (Lipinski definition) is 2.